The molecule has 0 N–H and O–H groups in total. The fourth-order valence-corrected chi connectivity index (χ4v) is 3.82. The minimum absolute atomic E-state index is 0.0376. The van der Waals surface area contributed by atoms with Crippen molar-refractivity contribution in [3.05, 3.63) is 70.5 Å². The van der Waals surface area contributed by atoms with Crippen molar-refractivity contribution in [2.75, 3.05) is 25.1 Å². The molecule has 0 radical (unpaired) electrons. The number of para-hydroxylation sites is 1. The Hall–Kier alpha value is -2.75. The average Bonchev–Trinajstić information content (AvgIpc) is 2.73. The molecule has 4 heteroatoms. The van der Waals surface area contributed by atoms with E-state index in [0.29, 0.717) is 23.2 Å². The topological polar surface area (TPSA) is 34.5 Å². The van der Waals surface area contributed by atoms with Crippen LogP contribution in [0, 0.1) is 0 Å². The van der Waals surface area contributed by atoms with Crippen molar-refractivity contribution in [1.82, 2.24) is 4.57 Å². The van der Waals surface area contributed by atoms with E-state index in [1.54, 1.807) is 26.3 Å². The van der Waals surface area contributed by atoms with Gasteiger partial charge < -0.3 is 14.2 Å². The zero-order chi connectivity index (χ0) is 19.8. The smallest absolute Gasteiger partial charge is 0.252 e. The Bertz CT molecular complexity index is 1070. The van der Waals surface area contributed by atoms with Crippen molar-refractivity contribution in [3.63, 3.8) is 0 Å². The summed E-state index contributed by atoms with van der Waals surface area (Å²) >= 11 is 0. The number of ether oxygens (including phenoxy) is 1. The van der Waals surface area contributed by atoms with Gasteiger partial charge in [0.05, 0.1) is 21.1 Å². The van der Waals surface area contributed by atoms with E-state index < -0.39 is 0 Å². The minimum Gasteiger partial charge on any atom is -0.497 e. The van der Waals surface area contributed by atoms with E-state index in [4.69, 9.17) is 7.48 Å². The number of aryl methyl sites for hydroxylation is 1. The van der Waals surface area contributed by atoms with Gasteiger partial charge in [0.25, 0.3) is 5.56 Å². The number of anilines is 1. The van der Waals surface area contributed by atoms with E-state index in [2.05, 4.69) is 17.0 Å². The van der Waals surface area contributed by atoms with Gasteiger partial charge in [0.15, 0.2) is 0 Å². The van der Waals surface area contributed by atoms with Gasteiger partial charge in [-0.25, -0.2) is 0 Å². The predicted octanol–water partition coefficient (Wildman–Crippen LogP) is 3.93. The van der Waals surface area contributed by atoms with E-state index >= 15 is 0 Å². The lowest BCUT2D eigenvalue weighted by Crippen LogP contribution is -2.34. The summed E-state index contributed by atoms with van der Waals surface area (Å²) < 4.78 is 23.0. The zero-order valence-electron chi connectivity index (χ0n) is 17.2. The second-order valence-electron chi connectivity index (χ2n) is 6.82. The number of pyridine rings is 1. The molecule has 1 saturated heterocycles. The van der Waals surface area contributed by atoms with Crippen molar-refractivity contribution in [1.29, 1.82) is 0 Å². The number of piperidine rings is 1. The molecule has 2 aromatic carbocycles. The molecule has 0 spiro atoms. The van der Waals surface area contributed by atoms with E-state index in [-0.39, 0.29) is 11.6 Å². The first-order chi connectivity index (χ1) is 13.5. The molecule has 0 bridgehead atoms. The number of hydrogen-bond acceptors (Lipinski definition) is 3. The molecule has 0 unspecified atom stereocenters. The molecule has 0 aliphatic carbocycles. The quantitative estimate of drug-likeness (QED) is 0.718. The van der Waals surface area contributed by atoms with Crippen LogP contribution < -0.4 is 15.2 Å². The molecule has 0 saturated carbocycles. The van der Waals surface area contributed by atoms with Gasteiger partial charge in [0.1, 0.15) is 5.75 Å². The average molecular weight is 350 g/mol. The Morgan fingerprint density at radius 1 is 1.12 bits per heavy atom. The number of fused-ring (bicyclic) bond motifs is 1. The summed E-state index contributed by atoms with van der Waals surface area (Å²) in [5.41, 5.74) is 2.40. The first-order valence-corrected chi connectivity index (χ1v) is 8.98. The molecule has 26 heavy (non-hydrogen) atoms. The Balaban J connectivity index is 1.64. The molecular formula is C22H24N2O2. The standard InChI is InChI=1S/C22H24N2O2/c1-23-20-6-4-3-5-19(20)21(15-22(23)25)24-13-11-17(12-14-24)16-7-9-18(26-2)10-8-16/h3-10,15,17H,11-14H2,1-2H3/i4D,15D. The van der Waals surface area contributed by atoms with Crippen LogP contribution >= 0.6 is 0 Å². The van der Waals surface area contributed by atoms with Crippen LogP contribution in [-0.4, -0.2) is 24.8 Å². The third kappa shape index (κ3) is 2.96. The fraction of sp³-hybridized carbons (Fsp3) is 0.318. The first-order valence-electron chi connectivity index (χ1n) is 9.98. The molecule has 2 heterocycles. The highest BCUT2D eigenvalue weighted by atomic mass is 16.5. The van der Waals surface area contributed by atoms with E-state index in [0.717, 1.165) is 37.1 Å². The summed E-state index contributed by atoms with van der Waals surface area (Å²) in [6.45, 7) is 1.60. The van der Waals surface area contributed by atoms with Crippen LogP contribution in [0.1, 0.15) is 27.1 Å². The van der Waals surface area contributed by atoms with Gasteiger partial charge in [-0.1, -0.05) is 30.3 Å². The molecule has 3 aromatic rings. The van der Waals surface area contributed by atoms with Crippen molar-refractivity contribution >= 4 is 16.6 Å². The summed E-state index contributed by atoms with van der Waals surface area (Å²) in [5.74, 6) is 1.33. The molecule has 4 nitrogen and oxygen atoms in total. The third-order valence-electron chi connectivity index (χ3n) is 5.39. The van der Waals surface area contributed by atoms with Gasteiger partial charge in [-0.15, -0.1) is 0 Å². The summed E-state index contributed by atoms with van der Waals surface area (Å²) in [7, 11) is 3.34. The second kappa shape index (κ2) is 6.87. The van der Waals surface area contributed by atoms with Gasteiger partial charge >= 0.3 is 0 Å². The van der Waals surface area contributed by atoms with Gasteiger partial charge in [-0.2, -0.15) is 0 Å². The van der Waals surface area contributed by atoms with Gasteiger partial charge in [-0.05, 0) is 42.5 Å². The van der Waals surface area contributed by atoms with Gasteiger partial charge in [-0.3, -0.25) is 4.79 Å². The molecule has 0 atom stereocenters. The van der Waals surface area contributed by atoms with E-state index in [9.17, 15) is 4.79 Å². The molecule has 0 amide bonds. The van der Waals surface area contributed by atoms with Crippen LogP contribution in [0.3, 0.4) is 0 Å². The molecular weight excluding hydrogens is 324 g/mol. The number of methoxy groups -OCH3 is 1. The molecule has 1 fully saturated rings. The second-order valence-corrected chi connectivity index (χ2v) is 6.82. The van der Waals surface area contributed by atoms with Gasteiger partial charge in [0, 0.05) is 31.6 Å². The molecule has 134 valence electrons. The van der Waals surface area contributed by atoms with Crippen LogP contribution in [-0.2, 0) is 7.05 Å². The highest BCUT2D eigenvalue weighted by Gasteiger charge is 2.22. The van der Waals surface area contributed by atoms with Crippen molar-refractivity contribution < 1.29 is 7.48 Å². The SMILES string of the molecule is [2H]c1ccc2c(N3CCC(c4ccc(OC)cc4)CC3)c([2H])c(=O)n(C)c2c1. The third-order valence-corrected chi connectivity index (χ3v) is 5.39. The summed E-state index contributed by atoms with van der Waals surface area (Å²) in [4.78, 5) is 14.7. The largest absolute Gasteiger partial charge is 0.497 e. The molecule has 1 aliphatic rings. The number of hydrogen-bond donors (Lipinski definition) is 0. The van der Waals surface area contributed by atoms with E-state index in [1.165, 1.54) is 10.1 Å². The number of rotatable bonds is 3. The Labute approximate surface area is 156 Å². The lowest BCUT2D eigenvalue weighted by Gasteiger charge is -2.34. The summed E-state index contributed by atoms with van der Waals surface area (Å²) in [6, 6.07) is 13.9. The highest BCUT2D eigenvalue weighted by Crippen LogP contribution is 2.33. The summed E-state index contributed by atoms with van der Waals surface area (Å²) in [5, 5.41) is 0.867. The molecule has 1 aromatic heterocycles. The van der Waals surface area contributed by atoms with E-state index in [1.807, 2.05) is 18.2 Å². The van der Waals surface area contributed by atoms with Gasteiger partial charge in [0.2, 0.25) is 0 Å². The van der Waals surface area contributed by atoms with Crippen molar-refractivity contribution in [2.45, 2.75) is 18.8 Å². The molecule has 4 rings (SSSR count). The maximum absolute atomic E-state index is 12.6. The number of benzene rings is 2. The van der Waals surface area contributed by atoms with Crippen LogP contribution in [0.15, 0.2) is 59.3 Å². The minimum atomic E-state index is -0.314. The first kappa shape index (κ1) is 14.4. The number of nitrogens with zero attached hydrogens (tertiary/aromatic N) is 2. The van der Waals surface area contributed by atoms with Crippen molar-refractivity contribution in [3.8, 4) is 5.75 Å². The van der Waals surface area contributed by atoms with Crippen LogP contribution in [0.2, 0.25) is 0 Å². The normalized spacial score (nSPS) is 16.5. The Morgan fingerprint density at radius 3 is 2.54 bits per heavy atom. The van der Waals surface area contributed by atoms with Crippen molar-refractivity contribution in [2.24, 2.45) is 7.05 Å². The maximum atomic E-state index is 12.6. The number of aromatic nitrogens is 1. The zero-order valence-corrected chi connectivity index (χ0v) is 15.2. The molecule has 1 aliphatic heterocycles. The lowest BCUT2D eigenvalue weighted by atomic mass is 9.89. The summed E-state index contributed by atoms with van der Waals surface area (Å²) in [6.07, 6.45) is 1.94. The monoisotopic (exact) mass is 350 g/mol. The Morgan fingerprint density at radius 2 is 1.85 bits per heavy atom. The fourth-order valence-electron chi connectivity index (χ4n) is 3.82. The Kier molecular flexibility index (Phi) is 3.81. The predicted molar refractivity (Wildman–Crippen MR) is 106 cm³/mol. The highest BCUT2D eigenvalue weighted by molar-refractivity contribution is 5.91. The van der Waals surface area contributed by atoms with Crippen LogP contribution in [0.5, 0.6) is 5.75 Å². The lowest BCUT2D eigenvalue weighted by molar-refractivity contribution is 0.414. The maximum Gasteiger partial charge on any atom is 0.252 e. The van der Waals surface area contributed by atoms with Crippen LogP contribution in [0.4, 0.5) is 5.69 Å². The van der Waals surface area contributed by atoms with Crippen LogP contribution in [0.25, 0.3) is 10.9 Å².